The summed E-state index contributed by atoms with van der Waals surface area (Å²) in [5, 5.41) is 22.4. The number of pyridine rings is 1. The Labute approximate surface area is 105 Å². The molecule has 5 N–H and O–H groups in total. The van der Waals surface area contributed by atoms with E-state index in [2.05, 4.69) is 10.3 Å². The molecule has 2 rings (SSSR count). The van der Waals surface area contributed by atoms with Gasteiger partial charge in [-0.2, -0.15) is 0 Å². The van der Waals surface area contributed by atoms with E-state index in [9.17, 15) is 10.2 Å². The first-order valence-electron chi connectivity index (χ1n) is 5.72. The van der Waals surface area contributed by atoms with Crippen molar-refractivity contribution in [1.29, 1.82) is 0 Å². The first kappa shape index (κ1) is 12.6. The number of benzene rings is 1. The van der Waals surface area contributed by atoms with Crippen molar-refractivity contribution in [3.63, 3.8) is 0 Å². The Kier molecular flexibility index (Phi) is 3.36. The molecule has 0 unspecified atom stereocenters. The van der Waals surface area contributed by atoms with Crippen LogP contribution in [0.4, 0.5) is 11.5 Å². The SMILES string of the molecule is CC(CO)(CO)Nc1ccc2cc(N)ccc2n1. The van der Waals surface area contributed by atoms with Crippen molar-refractivity contribution in [2.24, 2.45) is 0 Å². The van der Waals surface area contributed by atoms with Crippen LogP contribution in [0.1, 0.15) is 6.92 Å². The summed E-state index contributed by atoms with van der Waals surface area (Å²) in [5.74, 6) is 0.609. The predicted octanol–water partition coefficient (Wildman–Crippen LogP) is 0.972. The number of nitrogens with two attached hydrogens (primary N) is 1. The topological polar surface area (TPSA) is 91.4 Å². The molecule has 0 fully saturated rings. The van der Waals surface area contributed by atoms with E-state index in [4.69, 9.17) is 5.73 Å². The number of aliphatic hydroxyl groups is 2. The van der Waals surface area contributed by atoms with Crippen LogP contribution in [0.25, 0.3) is 10.9 Å². The fourth-order valence-corrected chi connectivity index (χ4v) is 1.65. The van der Waals surface area contributed by atoms with Gasteiger partial charge in [0.2, 0.25) is 0 Å². The summed E-state index contributed by atoms with van der Waals surface area (Å²) in [6, 6.07) is 9.17. The fourth-order valence-electron chi connectivity index (χ4n) is 1.65. The monoisotopic (exact) mass is 247 g/mol. The van der Waals surface area contributed by atoms with E-state index in [1.165, 1.54) is 0 Å². The zero-order chi connectivity index (χ0) is 13.2. The van der Waals surface area contributed by atoms with Gasteiger partial charge in [-0.15, -0.1) is 0 Å². The molecule has 0 saturated heterocycles. The molecular weight excluding hydrogens is 230 g/mol. The standard InChI is InChI=1S/C13H17N3O2/c1-13(7-17,8-18)16-12-5-2-9-6-10(14)3-4-11(9)15-12/h2-6,17-18H,7-8,14H2,1H3,(H,15,16). The number of hydrogen-bond donors (Lipinski definition) is 4. The van der Waals surface area contributed by atoms with E-state index in [1.54, 1.807) is 19.1 Å². The molecular formula is C13H17N3O2. The third-order valence-electron chi connectivity index (χ3n) is 2.84. The van der Waals surface area contributed by atoms with Crippen molar-refractivity contribution in [2.45, 2.75) is 12.5 Å². The minimum Gasteiger partial charge on any atom is -0.399 e. The first-order valence-corrected chi connectivity index (χ1v) is 5.72. The second kappa shape index (κ2) is 4.80. The van der Waals surface area contributed by atoms with E-state index < -0.39 is 5.54 Å². The molecule has 0 spiro atoms. The number of hydrogen-bond acceptors (Lipinski definition) is 5. The Morgan fingerprint density at radius 2 is 1.94 bits per heavy atom. The van der Waals surface area contributed by atoms with Gasteiger partial charge in [0.05, 0.1) is 24.3 Å². The Morgan fingerprint density at radius 1 is 1.22 bits per heavy atom. The van der Waals surface area contributed by atoms with E-state index in [0.29, 0.717) is 11.5 Å². The Morgan fingerprint density at radius 3 is 2.61 bits per heavy atom. The lowest BCUT2D eigenvalue weighted by Gasteiger charge is -2.26. The second-order valence-corrected chi connectivity index (χ2v) is 4.65. The zero-order valence-corrected chi connectivity index (χ0v) is 10.2. The van der Waals surface area contributed by atoms with Gasteiger partial charge in [0.15, 0.2) is 0 Å². The van der Waals surface area contributed by atoms with Crippen molar-refractivity contribution in [2.75, 3.05) is 24.3 Å². The molecule has 0 aliphatic heterocycles. The summed E-state index contributed by atoms with van der Waals surface area (Å²) in [6.07, 6.45) is 0. The Hall–Kier alpha value is -1.85. The third kappa shape index (κ3) is 2.52. The molecule has 1 aromatic carbocycles. The first-order chi connectivity index (χ1) is 8.56. The van der Waals surface area contributed by atoms with Crippen molar-refractivity contribution in [1.82, 2.24) is 4.98 Å². The van der Waals surface area contributed by atoms with Crippen molar-refractivity contribution in [3.05, 3.63) is 30.3 Å². The maximum absolute atomic E-state index is 9.23. The van der Waals surface area contributed by atoms with Gasteiger partial charge in [0.25, 0.3) is 0 Å². The number of rotatable bonds is 4. The van der Waals surface area contributed by atoms with Gasteiger partial charge < -0.3 is 21.3 Å². The number of nitrogens with one attached hydrogen (secondary N) is 1. The van der Waals surface area contributed by atoms with Crippen molar-refractivity contribution in [3.8, 4) is 0 Å². The predicted molar refractivity (Wildman–Crippen MR) is 72.4 cm³/mol. The maximum Gasteiger partial charge on any atom is 0.127 e. The quantitative estimate of drug-likeness (QED) is 0.604. The molecule has 0 radical (unpaired) electrons. The second-order valence-electron chi connectivity index (χ2n) is 4.65. The van der Waals surface area contributed by atoms with Crippen LogP contribution >= 0.6 is 0 Å². The molecule has 96 valence electrons. The largest absolute Gasteiger partial charge is 0.399 e. The van der Waals surface area contributed by atoms with Gasteiger partial charge in [0, 0.05) is 11.1 Å². The van der Waals surface area contributed by atoms with Gasteiger partial charge in [-0.05, 0) is 37.3 Å². The normalized spacial score (nSPS) is 11.7. The highest BCUT2D eigenvalue weighted by atomic mass is 16.3. The Bertz CT molecular complexity index is 553. The van der Waals surface area contributed by atoms with Crippen LogP contribution in [-0.4, -0.2) is 33.9 Å². The average molecular weight is 247 g/mol. The molecule has 0 saturated carbocycles. The van der Waals surface area contributed by atoms with Crippen LogP contribution in [0.3, 0.4) is 0 Å². The van der Waals surface area contributed by atoms with Gasteiger partial charge in [-0.3, -0.25) is 0 Å². The van der Waals surface area contributed by atoms with E-state index in [1.807, 2.05) is 18.2 Å². The minimum absolute atomic E-state index is 0.176. The summed E-state index contributed by atoms with van der Waals surface area (Å²) in [7, 11) is 0. The van der Waals surface area contributed by atoms with Crippen LogP contribution < -0.4 is 11.1 Å². The lowest BCUT2D eigenvalue weighted by Crippen LogP contribution is -2.42. The zero-order valence-electron chi connectivity index (χ0n) is 10.2. The lowest BCUT2D eigenvalue weighted by molar-refractivity contribution is 0.147. The van der Waals surface area contributed by atoms with E-state index in [0.717, 1.165) is 10.9 Å². The highest BCUT2D eigenvalue weighted by Crippen LogP contribution is 2.20. The number of anilines is 2. The third-order valence-corrected chi connectivity index (χ3v) is 2.84. The lowest BCUT2D eigenvalue weighted by atomic mass is 10.1. The summed E-state index contributed by atoms with van der Waals surface area (Å²) < 4.78 is 0. The van der Waals surface area contributed by atoms with Crippen LogP contribution in [0.15, 0.2) is 30.3 Å². The summed E-state index contributed by atoms with van der Waals surface area (Å²) in [6.45, 7) is 1.37. The molecule has 1 heterocycles. The minimum atomic E-state index is -0.783. The van der Waals surface area contributed by atoms with E-state index >= 15 is 0 Å². The fraction of sp³-hybridized carbons (Fsp3) is 0.308. The van der Waals surface area contributed by atoms with Crippen LogP contribution in [0.5, 0.6) is 0 Å². The molecule has 0 bridgehead atoms. The van der Waals surface area contributed by atoms with E-state index in [-0.39, 0.29) is 13.2 Å². The molecule has 18 heavy (non-hydrogen) atoms. The molecule has 2 aromatic rings. The maximum atomic E-state index is 9.23. The number of fused-ring (bicyclic) bond motifs is 1. The molecule has 0 aliphatic carbocycles. The number of nitrogens with zero attached hydrogens (tertiary/aromatic N) is 1. The highest BCUT2D eigenvalue weighted by molar-refractivity contribution is 5.83. The van der Waals surface area contributed by atoms with Crippen molar-refractivity contribution >= 4 is 22.4 Å². The Balaban J connectivity index is 2.33. The summed E-state index contributed by atoms with van der Waals surface area (Å²) in [4.78, 5) is 4.41. The van der Waals surface area contributed by atoms with Crippen molar-refractivity contribution < 1.29 is 10.2 Å². The molecule has 0 amide bonds. The molecule has 5 nitrogen and oxygen atoms in total. The van der Waals surface area contributed by atoms with Crippen LogP contribution in [0.2, 0.25) is 0 Å². The van der Waals surface area contributed by atoms with Gasteiger partial charge in [0.1, 0.15) is 5.82 Å². The highest BCUT2D eigenvalue weighted by Gasteiger charge is 2.22. The molecule has 5 heteroatoms. The summed E-state index contributed by atoms with van der Waals surface area (Å²) in [5.41, 5.74) is 6.42. The number of aromatic nitrogens is 1. The number of aliphatic hydroxyl groups excluding tert-OH is 2. The molecule has 1 aromatic heterocycles. The van der Waals surface area contributed by atoms with Gasteiger partial charge in [-0.25, -0.2) is 4.98 Å². The average Bonchev–Trinajstić information content (AvgIpc) is 2.39. The number of nitrogen functional groups attached to an aromatic ring is 1. The molecule has 0 aliphatic rings. The van der Waals surface area contributed by atoms with Gasteiger partial charge in [-0.1, -0.05) is 0 Å². The summed E-state index contributed by atoms with van der Waals surface area (Å²) >= 11 is 0. The van der Waals surface area contributed by atoms with Crippen LogP contribution in [0, 0.1) is 0 Å². The van der Waals surface area contributed by atoms with Gasteiger partial charge >= 0.3 is 0 Å². The molecule has 0 atom stereocenters. The van der Waals surface area contributed by atoms with Crippen LogP contribution in [-0.2, 0) is 0 Å². The smallest absolute Gasteiger partial charge is 0.127 e.